The Hall–Kier alpha value is -1.48. The van der Waals surface area contributed by atoms with E-state index in [1.54, 1.807) is 18.2 Å². The molecule has 0 bridgehead atoms. The Kier molecular flexibility index (Phi) is 2.93. The SMILES string of the molecule is C=CC[C@H](N)c1cccc(O)c1O. The van der Waals surface area contributed by atoms with Crippen molar-refractivity contribution in [1.82, 2.24) is 0 Å². The third kappa shape index (κ3) is 2.00. The summed E-state index contributed by atoms with van der Waals surface area (Å²) in [5.41, 5.74) is 6.27. The van der Waals surface area contributed by atoms with Crippen LogP contribution in [0.25, 0.3) is 0 Å². The Balaban J connectivity index is 3.00. The van der Waals surface area contributed by atoms with E-state index < -0.39 is 0 Å². The second-order valence-electron chi connectivity index (χ2n) is 2.85. The fourth-order valence-electron chi connectivity index (χ4n) is 1.15. The van der Waals surface area contributed by atoms with E-state index in [9.17, 15) is 10.2 Å². The van der Waals surface area contributed by atoms with Gasteiger partial charge in [0, 0.05) is 11.6 Å². The summed E-state index contributed by atoms with van der Waals surface area (Å²) in [4.78, 5) is 0. The Morgan fingerprint density at radius 3 is 2.77 bits per heavy atom. The normalized spacial score (nSPS) is 12.4. The minimum absolute atomic E-state index is 0.142. The second kappa shape index (κ2) is 3.96. The van der Waals surface area contributed by atoms with Crippen LogP contribution >= 0.6 is 0 Å². The maximum atomic E-state index is 9.43. The van der Waals surface area contributed by atoms with Crippen LogP contribution in [0.2, 0.25) is 0 Å². The molecule has 0 radical (unpaired) electrons. The van der Waals surface area contributed by atoms with E-state index in [-0.39, 0.29) is 17.5 Å². The van der Waals surface area contributed by atoms with Gasteiger partial charge in [-0.25, -0.2) is 0 Å². The first-order chi connectivity index (χ1) is 6.16. The van der Waals surface area contributed by atoms with Crippen LogP contribution in [-0.4, -0.2) is 10.2 Å². The molecule has 0 aliphatic heterocycles. The van der Waals surface area contributed by atoms with Gasteiger partial charge in [-0.3, -0.25) is 0 Å². The quantitative estimate of drug-likeness (QED) is 0.488. The molecule has 1 aromatic carbocycles. The van der Waals surface area contributed by atoms with E-state index in [4.69, 9.17) is 5.73 Å². The number of para-hydroxylation sites is 1. The van der Waals surface area contributed by atoms with Crippen LogP contribution in [0.4, 0.5) is 0 Å². The van der Waals surface area contributed by atoms with Crippen LogP contribution in [0.15, 0.2) is 30.9 Å². The molecular weight excluding hydrogens is 166 g/mol. The Labute approximate surface area is 77.1 Å². The summed E-state index contributed by atoms with van der Waals surface area (Å²) < 4.78 is 0. The number of hydrogen-bond acceptors (Lipinski definition) is 3. The van der Waals surface area contributed by atoms with Gasteiger partial charge in [0.1, 0.15) is 0 Å². The molecular formula is C10H13NO2. The highest BCUT2D eigenvalue weighted by Gasteiger charge is 2.11. The van der Waals surface area contributed by atoms with Gasteiger partial charge < -0.3 is 15.9 Å². The van der Waals surface area contributed by atoms with Crippen molar-refractivity contribution in [2.24, 2.45) is 5.73 Å². The monoisotopic (exact) mass is 179 g/mol. The number of phenolic OH excluding ortho intramolecular Hbond substituents is 2. The highest BCUT2D eigenvalue weighted by Crippen LogP contribution is 2.32. The lowest BCUT2D eigenvalue weighted by Crippen LogP contribution is -2.08. The molecule has 0 saturated carbocycles. The van der Waals surface area contributed by atoms with E-state index in [0.29, 0.717) is 12.0 Å². The van der Waals surface area contributed by atoms with Gasteiger partial charge in [0.05, 0.1) is 0 Å². The lowest BCUT2D eigenvalue weighted by atomic mass is 10.0. The third-order valence-corrected chi connectivity index (χ3v) is 1.87. The standard InChI is InChI=1S/C10H13NO2/c1-2-4-8(11)7-5-3-6-9(12)10(7)13/h2-3,5-6,8,12-13H,1,4,11H2/t8-/m0/s1. The summed E-state index contributed by atoms with van der Waals surface area (Å²) in [6.45, 7) is 3.55. The van der Waals surface area contributed by atoms with Gasteiger partial charge in [-0.2, -0.15) is 0 Å². The van der Waals surface area contributed by atoms with Crippen LogP contribution in [-0.2, 0) is 0 Å². The lowest BCUT2D eigenvalue weighted by Gasteiger charge is -2.11. The van der Waals surface area contributed by atoms with Gasteiger partial charge in [0.15, 0.2) is 11.5 Å². The molecule has 3 heteroatoms. The molecule has 70 valence electrons. The second-order valence-corrected chi connectivity index (χ2v) is 2.85. The summed E-state index contributed by atoms with van der Waals surface area (Å²) >= 11 is 0. The van der Waals surface area contributed by atoms with Crippen LogP contribution in [0.1, 0.15) is 18.0 Å². The first kappa shape index (κ1) is 9.61. The zero-order valence-electron chi connectivity index (χ0n) is 7.27. The van der Waals surface area contributed by atoms with Gasteiger partial charge in [-0.05, 0) is 12.5 Å². The van der Waals surface area contributed by atoms with Crippen molar-refractivity contribution in [3.63, 3.8) is 0 Å². The van der Waals surface area contributed by atoms with E-state index in [0.717, 1.165) is 0 Å². The molecule has 13 heavy (non-hydrogen) atoms. The van der Waals surface area contributed by atoms with E-state index in [1.165, 1.54) is 6.07 Å². The fraction of sp³-hybridized carbons (Fsp3) is 0.200. The van der Waals surface area contributed by atoms with Gasteiger partial charge in [-0.15, -0.1) is 6.58 Å². The molecule has 0 fully saturated rings. The molecule has 1 aromatic rings. The first-order valence-electron chi connectivity index (χ1n) is 4.04. The molecule has 0 heterocycles. The molecule has 0 aliphatic carbocycles. The maximum absolute atomic E-state index is 9.43. The Morgan fingerprint density at radius 2 is 2.15 bits per heavy atom. The average molecular weight is 179 g/mol. The predicted molar refractivity (Wildman–Crippen MR) is 51.5 cm³/mol. The Bertz CT molecular complexity index is 310. The number of benzene rings is 1. The summed E-state index contributed by atoms with van der Waals surface area (Å²) in [7, 11) is 0. The van der Waals surface area contributed by atoms with Crippen molar-refractivity contribution in [3.8, 4) is 11.5 Å². The predicted octanol–water partition coefficient (Wildman–Crippen LogP) is 1.67. The van der Waals surface area contributed by atoms with Crippen molar-refractivity contribution in [2.45, 2.75) is 12.5 Å². The van der Waals surface area contributed by atoms with E-state index in [1.807, 2.05) is 0 Å². The molecule has 0 aliphatic rings. The van der Waals surface area contributed by atoms with Gasteiger partial charge in [-0.1, -0.05) is 18.2 Å². The molecule has 1 atom stereocenters. The largest absolute Gasteiger partial charge is 0.504 e. The number of aromatic hydroxyl groups is 2. The number of phenols is 2. The lowest BCUT2D eigenvalue weighted by molar-refractivity contribution is 0.396. The van der Waals surface area contributed by atoms with Crippen LogP contribution in [0, 0.1) is 0 Å². The summed E-state index contributed by atoms with van der Waals surface area (Å²) in [6.07, 6.45) is 2.24. The smallest absolute Gasteiger partial charge is 0.162 e. The average Bonchev–Trinajstić information content (AvgIpc) is 2.10. The molecule has 4 N–H and O–H groups in total. The summed E-state index contributed by atoms with van der Waals surface area (Å²) in [6, 6.07) is 4.43. The molecule has 0 amide bonds. The molecule has 0 spiro atoms. The summed E-state index contributed by atoms with van der Waals surface area (Å²) in [5.74, 6) is -0.283. The van der Waals surface area contributed by atoms with E-state index in [2.05, 4.69) is 6.58 Å². The van der Waals surface area contributed by atoms with Gasteiger partial charge in [0.25, 0.3) is 0 Å². The van der Waals surface area contributed by atoms with Crippen LogP contribution in [0.3, 0.4) is 0 Å². The molecule has 0 saturated heterocycles. The van der Waals surface area contributed by atoms with Gasteiger partial charge >= 0.3 is 0 Å². The Morgan fingerprint density at radius 1 is 1.46 bits per heavy atom. The number of hydrogen-bond donors (Lipinski definition) is 3. The molecule has 3 nitrogen and oxygen atoms in total. The molecule has 1 rings (SSSR count). The molecule has 0 unspecified atom stereocenters. The van der Waals surface area contributed by atoms with E-state index >= 15 is 0 Å². The minimum Gasteiger partial charge on any atom is -0.504 e. The third-order valence-electron chi connectivity index (χ3n) is 1.87. The zero-order valence-corrected chi connectivity index (χ0v) is 7.27. The van der Waals surface area contributed by atoms with Crippen molar-refractivity contribution < 1.29 is 10.2 Å². The minimum atomic E-state index is -0.315. The highest BCUT2D eigenvalue weighted by atomic mass is 16.3. The highest BCUT2D eigenvalue weighted by molar-refractivity contribution is 5.45. The van der Waals surface area contributed by atoms with Gasteiger partial charge in [0.2, 0.25) is 0 Å². The topological polar surface area (TPSA) is 66.5 Å². The van der Waals surface area contributed by atoms with Crippen molar-refractivity contribution in [3.05, 3.63) is 36.4 Å². The van der Waals surface area contributed by atoms with Crippen molar-refractivity contribution in [1.29, 1.82) is 0 Å². The van der Waals surface area contributed by atoms with Crippen LogP contribution < -0.4 is 5.73 Å². The fourth-order valence-corrected chi connectivity index (χ4v) is 1.15. The van der Waals surface area contributed by atoms with Crippen molar-refractivity contribution >= 4 is 0 Å². The maximum Gasteiger partial charge on any atom is 0.162 e. The number of rotatable bonds is 3. The molecule has 0 aromatic heterocycles. The first-order valence-corrected chi connectivity index (χ1v) is 4.04. The van der Waals surface area contributed by atoms with Crippen molar-refractivity contribution in [2.75, 3.05) is 0 Å². The van der Waals surface area contributed by atoms with Crippen LogP contribution in [0.5, 0.6) is 11.5 Å². The zero-order chi connectivity index (χ0) is 9.84. The number of nitrogens with two attached hydrogens (primary N) is 1. The summed E-state index contributed by atoms with van der Waals surface area (Å²) in [5, 5.41) is 18.6.